The topological polar surface area (TPSA) is 46.8 Å². The van der Waals surface area contributed by atoms with Crippen LogP contribution in [0.4, 0.5) is 0 Å². The molecule has 1 aliphatic heterocycles. The number of nitrogens with zero attached hydrogens (tertiary/aromatic N) is 3. The van der Waals surface area contributed by atoms with Crippen LogP contribution in [0.3, 0.4) is 0 Å². The van der Waals surface area contributed by atoms with Crippen molar-refractivity contribution in [3.8, 4) is 0 Å². The average molecular weight is 341 g/mol. The van der Waals surface area contributed by atoms with Gasteiger partial charge in [0.05, 0.1) is 11.1 Å². The molecular weight excluding hydrogens is 314 g/mol. The molecule has 4 rings (SSSR count). The minimum absolute atomic E-state index is 0.0563. The molecule has 0 spiro atoms. The molecule has 1 amide bonds. The number of ether oxygens (including phenoxy) is 1. The van der Waals surface area contributed by atoms with Gasteiger partial charge in [0.25, 0.3) is 5.91 Å². The molecule has 1 atom stereocenters. The number of rotatable bonds is 4. The Morgan fingerprint density at radius 1 is 1.36 bits per heavy atom. The van der Waals surface area contributed by atoms with Crippen LogP contribution < -0.4 is 0 Å². The van der Waals surface area contributed by atoms with E-state index in [4.69, 9.17) is 9.72 Å². The molecule has 134 valence electrons. The summed E-state index contributed by atoms with van der Waals surface area (Å²) in [4.78, 5) is 20.2. The van der Waals surface area contributed by atoms with Crippen molar-refractivity contribution in [2.45, 2.75) is 64.0 Å². The Kier molecular flexibility index (Phi) is 4.07. The van der Waals surface area contributed by atoms with Crippen LogP contribution in [0.5, 0.6) is 0 Å². The van der Waals surface area contributed by atoms with Crippen LogP contribution in [0.25, 0.3) is 5.52 Å². The fourth-order valence-corrected chi connectivity index (χ4v) is 4.02. The Morgan fingerprint density at radius 3 is 2.84 bits per heavy atom. The fraction of sp³-hybridized carbons (Fsp3) is 0.600. The van der Waals surface area contributed by atoms with E-state index < -0.39 is 0 Å². The number of imidazole rings is 1. The Bertz CT molecular complexity index is 791. The van der Waals surface area contributed by atoms with E-state index in [1.807, 2.05) is 29.3 Å². The first-order chi connectivity index (χ1) is 12.0. The normalized spacial score (nSPS) is 22.9. The van der Waals surface area contributed by atoms with E-state index in [0.717, 1.165) is 24.2 Å². The van der Waals surface area contributed by atoms with Gasteiger partial charge in [-0.1, -0.05) is 6.07 Å². The Hall–Kier alpha value is -1.88. The van der Waals surface area contributed by atoms with Crippen LogP contribution in [0.2, 0.25) is 0 Å². The standard InChI is InChI=1S/C20H27N3O2/c1-4-22(15-10-12-25-20(2,3)13-15)19(24)17-16-7-5-6-11-23(16)18(21-17)14-8-9-14/h5-7,11,14-15H,4,8-10,12-13H2,1-3H3. The molecule has 2 aliphatic rings. The van der Waals surface area contributed by atoms with Crippen LogP contribution in [0.15, 0.2) is 24.4 Å². The second-order valence-electron chi connectivity index (χ2n) is 7.89. The molecule has 1 saturated heterocycles. The highest BCUT2D eigenvalue weighted by Crippen LogP contribution is 2.40. The number of pyridine rings is 1. The van der Waals surface area contributed by atoms with Crippen molar-refractivity contribution >= 4 is 11.4 Å². The lowest BCUT2D eigenvalue weighted by Crippen LogP contribution is -2.48. The maximum atomic E-state index is 13.4. The van der Waals surface area contributed by atoms with Gasteiger partial charge >= 0.3 is 0 Å². The van der Waals surface area contributed by atoms with Crippen molar-refractivity contribution in [1.29, 1.82) is 0 Å². The van der Waals surface area contributed by atoms with Crippen molar-refractivity contribution in [1.82, 2.24) is 14.3 Å². The third-order valence-electron chi connectivity index (χ3n) is 5.43. The summed E-state index contributed by atoms with van der Waals surface area (Å²) in [6.45, 7) is 7.67. The van der Waals surface area contributed by atoms with Crippen molar-refractivity contribution in [3.05, 3.63) is 35.9 Å². The summed E-state index contributed by atoms with van der Waals surface area (Å²) in [6.07, 6.45) is 6.14. The molecule has 2 aromatic rings. The van der Waals surface area contributed by atoms with Crippen LogP contribution in [-0.4, -0.2) is 45.0 Å². The van der Waals surface area contributed by atoms with E-state index in [2.05, 4.69) is 25.2 Å². The van der Waals surface area contributed by atoms with Gasteiger partial charge in [0, 0.05) is 31.3 Å². The van der Waals surface area contributed by atoms with Crippen LogP contribution in [-0.2, 0) is 4.74 Å². The van der Waals surface area contributed by atoms with E-state index in [1.165, 1.54) is 12.8 Å². The Balaban J connectivity index is 1.68. The molecule has 2 fully saturated rings. The van der Waals surface area contributed by atoms with Gasteiger partial charge < -0.3 is 14.0 Å². The third-order valence-corrected chi connectivity index (χ3v) is 5.43. The average Bonchev–Trinajstić information content (AvgIpc) is 3.35. The Morgan fingerprint density at radius 2 is 2.16 bits per heavy atom. The number of hydrogen-bond acceptors (Lipinski definition) is 3. The van der Waals surface area contributed by atoms with Gasteiger partial charge in [0.2, 0.25) is 0 Å². The fourth-order valence-electron chi connectivity index (χ4n) is 4.02. The maximum absolute atomic E-state index is 13.4. The molecule has 5 heteroatoms. The molecule has 2 aromatic heterocycles. The summed E-state index contributed by atoms with van der Waals surface area (Å²) < 4.78 is 7.94. The number of hydrogen-bond donors (Lipinski definition) is 0. The summed E-state index contributed by atoms with van der Waals surface area (Å²) in [5, 5.41) is 0. The molecule has 1 unspecified atom stereocenters. The number of fused-ring (bicyclic) bond motifs is 1. The van der Waals surface area contributed by atoms with Crippen LogP contribution in [0, 0.1) is 0 Å². The van der Waals surface area contributed by atoms with Gasteiger partial charge in [-0.25, -0.2) is 4.98 Å². The van der Waals surface area contributed by atoms with Gasteiger partial charge in [-0.2, -0.15) is 0 Å². The summed E-state index contributed by atoms with van der Waals surface area (Å²) in [6, 6.07) is 6.21. The van der Waals surface area contributed by atoms with Gasteiger partial charge in [-0.05, 0) is 58.6 Å². The largest absolute Gasteiger partial charge is 0.375 e. The predicted octanol–water partition coefficient (Wildman–Crippen LogP) is 3.63. The highest BCUT2D eigenvalue weighted by atomic mass is 16.5. The SMILES string of the molecule is CCN(C(=O)c1nc(C2CC2)n2ccccc12)C1CCOC(C)(C)C1. The zero-order valence-electron chi connectivity index (χ0n) is 15.4. The molecule has 1 aliphatic carbocycles. The highest BCUT2D eigenvalue weighted by Gasteiger charge is 2.36. The van der Waals surface area contributed by atoms with E-state index in [-0.39, 0.29) is 17.6 Å². The minimum Gasteiger partial charge on any atom is -0.375 e. The first-order valence-electron chi connectivity index (χ1n) is 9.42. The molecule has 0 radical (unpaired) electrons. The van der Waals surface area contributed by atoms with Crippen LogP contribution >= 0.6 is 0 Å². The molecule has 3 heterocycles. The van der Waals surface area contributed by atoms with E-state index in [9.17, 15) is 4.79 Å². The molecule has 0 aromatic carbocycles. The lowest BCUT2D eigenvalue weighted by Gasteiger charge is -2.40. The lowest BCUT2D eigenvalue weighted by atomic mass is 9.92. The van der Waals surface area contributed by atoms with Gasteiger partial charge in [-0.15, -0.1) is 0 Å². The smallest absolute Gasteiger partial charge is 0.274 e. The molecular formula is C20H27N3O2. The van der Waals surface area contributed by atoms with Gasteiger partial charge in [0.15, 0.2) is 5.69 Å². The van der Waals surface area contributed by atoms with Crippen molar-refractivity contribution in [3.63, 3.8) is 0 Å². The summed E-state index contributed by atoms with van der Waals surface area (Å²) >= 11 is 0. The second-order valence-corrected chi connectivity index (χ2v) is 7.89. The van der Waals surface area contributed by atoms with E-state index in [0.29, 0.717) is 24.8 Å². The zero-order valence-corrected chi connectivity index (χ0v) is 15.4. The number of carbonyl (C=O) groups is 1. The van der Waals surface area contributed by atoms with E-state index >= 15 is 0 Å². The zero-order chi connectivity index (χ0) is 17.6. The maximum Gasteiger partial charge on any atom is 0.274 e. The second kappa shape index (κ2) is 6.13. The predicted molar refractivity (Wildman–Crippen MR) is 96.9 cm³/mol. The first kappa shape index (κ1) is 16.6. The molecule has 1 saturated carbocycles. The number of aromatic nitrogens is 2. The van der Waals surface area contributed by atoms with Crippen molar-refractivity contribution in [2.24, 2.45) is 0 Å². The third kappa shape index (κ3) is 3.06. The van der Waals surface area contributed by atoms with Crippen LogP contribution in [0.1, 0.15) is 68.7 Å². The molecule has 5 nitrogen and oxygen atoms in total. The first-order valence-corrected chi connectivity index (χ1v) is 9.42. The van der Waals surface area contributed by atoms with E-state index in [1.54, 1.807) is 0 Å². The molecule has 25 heavy (non-hydrogen) atoms. The van der Waals surface area contributed by atoms with Gasteiger partial charge in [0.1, 0.15) is 5.82 Å². The number of amides is 1. The quantitative estimate of drug-likeness (QED) is 0.853. The summed E-state index contributed by atoms with van der Waals surface area (Å²) in [7, 11) is 0. The summed E-state index contributed by atoms with van der Waals surface area (Å²) in [5.74, 6) is 1.61. The molecule has 0 N–H and O–H groups in total. The lowest BCUT2D eigenvalue weighted by molar-refractivity contribution is -0.0777. The van der Waals surface area contributed by atoms with Crippen molar-refractivity contribution in [2.75, 3.05) is 13.2 Å². The highest BCUT2D eigenvalue weighted by molar-refractivity contribution is 5.99. The van der Waals surface area contributed by atoms with Crippen molar-refractivity contribution < 1.29 is 9.53 Å². The summed E-state index contributed by atoms with van der Waals surface area (Å²) in [5.41, 5.74) is 1.36. The monoisotopic (exact) mass is 341 g/mol. The number of carbonyl (C=O) groups excluding carboxylic acids is 1. The van der Waals surface area contributed by atoms with Gasteiger partial charge in [-0.3, -0.25) is 4.79 Å². The Labute approximate surface area is 149 Å². The molecule has 0 bridgehead atoms. The minimum atomic E-state index is -0.175.